The molecule has 2 N–H and O–H groups in total. The van der Waals surface area contributed by atoms with Crippen molar-refractivity contribution in [3.63, 3.8) is 0 Å². The number of aliphatic hydroxyl groups is 1. The highest BCUT2D eigenvalue weighted by molar-refractivity contribution is 5.24. The van der Waals surface area contributed by atoms with Crippen molar-refractivity contribution in [3.05, 3.63) is 35.4 Å². The molecule has 1 unspecified atom stereocenters. The smallest absolute Gasteiger partial charge is 0.396 e. The van der Waals surface area contributed by atoms with E-state index >= 15 is 0 Å². The van der Waals surface area contributed by atoms with Crippen molar-refractivity contribution in [2.75, 3.05) is 6.61 Å². The number of nitrogens with one attached hydrogen (secondary N) is 1. The van der Waals surface area contributed by atoms with Crippen LogP contribution in [0, 0.1) is 5.41 Å². The van der Waals surface area contributed by atoms with Crippen LogP contribution in [0.15, 0.2) is 24.3 Å². The monoisotopic (exact) mass is 289 g/mol. The molecule has 0 aliphatic heterocycles. The van der Waals surface area contributed by atoms with Crippen LogP contribution in [0.1, 0.15) is 38.3 Å². The predicted octanol–water partition coefficient (Wildman–Crippen LogP) is 3.59. The fraction of sp³-hybridized carbons (Fsp3) is 0.600. The first kappa shape index (κ1) is 17.0. The number of benzene rings is 1. The van der Waals surface area contributed by atoms with Crippen LogP contribution in [0.5, 0.6) is 0 Å². The van der Waals surface area contributed by atoms with E-state index in [0.29, 0.717) is 13.0 Å². The number of halogens is 3. The quantitative estimate of drug-likeness (QED) is 0.868. The molecule has 114 valence electrons. The molecule has 1 atom stereocenters. The lowest BCUT2D eigenvalue weighted by molar-refractivity contribution is -0.137. The Labute approximate surface area is 118 Å². The second-order valence-corrected chi connectivity index (χ2v) is 6.01. The van der Waals surface area contributed by atoms with Crippen molar-refractivity contribution in [2.24, 2.45) is 5.41 Å². The number of aliphatic hydroxyl groups excluding tert-OH is 1. The molecule has 0 aromatic heterocycles. The highest BCUT2D eigenvalue weighted by Crippen LogP contribution is 2.29. The zero-order valence-electron chi connectivity index (χ0n) is 12.1. The van der Waals surface area contributed by atoms with Gasteiger partial charge in [0.15, 0.2) is 0 Å². The van der Waals surface area contributed by atoms with Gasteiger partial charge in [-0.2, -0.15) is 13.2 Å². The van der Waals surface area contributed by atoms with Gasteiger partial charge in [0.05, 0.1) is 5.56 Å². The molecule has 2 nitrogen and oxygen atoms in total. The van der Waals surface area contributed by atoms with E-state index < -0.39 is 11.7 Å². The minimum Gasteiger partial charge on any atom is -0.396 e. The van der Waals surface area contributed by atoms with E-state index in [-0.39, 0.29) is 18.1 Å². The minimum absolute atomic E-state index is 0.0192. The van der Waals surface area contributed by atoms with Crippen LogP contribution in [-0.2, 0) is 12.7 Å². The van der Waals surface area contributed by atoms with E-state index in [9.17, 15) is 13.2 Å². The SMILES string of the molecule is CC(C)(C)C(CCO)NCc1ccc(C(F)(F)F)cc1. The lowest BCUT2D eigenvalue weighted by Crippen LogP contribution is -2.40. The zero-order valence-corrected chi connectivity index (χ0v) is 12.1. The van der Waals surface area contributed by atoms with Gasteiger partial charge in [-0.1, -0.05) is 32.9 Å². The van der Waals surface area contributed by atoms with Crippen LogP contribution in [0.2, 0.25) is 0 Å². The van der Waals surface area contributed by atoms with E-state index in [2.05, 4.69) is 26.1 Å². The lowest BCUT2D eigenvalue weighted by Gasteiger charge is -2.31. The zero-order chi connectivity index (χ0) is 15.4. The summed E-state index contributed by atoms with van der Waals surface area (Å²) in [6.07, 6.45) is -3.68. The van der Waals surface area contributed by atoms with Crippen LogP contribution < -0.4 is 5.32 Å². The molecule has 0 saturated heterocycles. The molecular weight excluding hydrogens is 267 g/mol. The molecule has 0 amide bonds. The molecule has 0 heterocycles. The average molecular weight is 289 g/mol. The highest BCUT2D eigenvalue weighted by atomic mass is 19.4. The van der Waals surface area contributed by atoms with Crippen molar-refractivity contribution in [1.82, 2.24) is 5.32 Å². The van der Waals surface area contributed by atoms with Crippen molar-refractivity contribution in [2.45, 2.75) is 46.0 Å². The molecule has 0 spiro atoms. The van der Waals surface area contributed by atoms with E-state index in [0.717, 1.165) is 17.7 Å². The summed E-state index contributed by atoms with van der Waals surface area (Å²) >= 11 is 0. The Morgan fingerprint density at radius 3 is 2.05 bits per heavy atom. The molecular formula is C15H22F3NO. The molecule has 20 heavy (non-hydrogen) atoms. The third-order valence-electron chi connectivity index (χ3n) is 3.30. The highest BCUT2D eigenvalue weighted by Gasteiger charge is 2.30. The summed E-state index contributed by atoms with van der Waals surface area (Å²) in [6.45, 7) is 6.76. The van der Waals surface area contributed by atoms with E-state index in [1.807, 2.05) is 0 Å². The van der Waals surface area contributed by atoms with Gasteiger partial charge in [-0.25, -0.2) is 0 Å². The fourth-order valence-corrected chi connectivity index (χ4v) is 2.02. The minimum atomic E-state index is -4.29. The first-order valence-corrected chi connectivity index (χ1v) is 6.65. The van der Waals surface area contributed by atoms with Crippen molar-refractivity contribution in [1.29, 1.82) is 0 Å². The largest absolute Gasteiger partial charge is 0.416 e. The summed E-state index contributed by atoms with van der Waals surface area (Å²) in [6, 6.07) is 5.25. The van der Waals surface area contributed by atoms with Gasteiger partial charge in [0, 0.05) is 19.2 Å². The maximum Gasteiger partial charge on any atom is 0.416 e. The predicted molar refractivity (Wildman–Crippen MR) is 73.2 cm³/mol. The van der Waals surface area contributed by atoms with E-state index in [4.69, 9.17) is 5.11 Å². The van der Waals surface area contributed by atoms with Gasteiger partial charge >= 0.3 is 6.18 Å². The molecule has 0 aliphatic carbocycles. The van der Waals surface area contributed by atoms with Gasteiger partial charge in [0.1, 0.15) is 0 Å². The number of alkyl halides is 3. The third-order valence-corrected chi connectivity index (χ3v) is 3.30. The molecule has 1 aromatic rings. The van der Waals surface area contributed by atoms with Crippen LogP contribution in [-0.4, -0.2) is 17.8 Å². The maximum absolute atomic E-state index is 12.4. The van der Waals surface area contributed by atoms with Crippen LogP contribution in [0.25, 0.3) is 0 Å². The van der Waals surface area contributed by atoms with Gasteiger partial charge in [-0.15, -0.1) is 0 Å². The molecule has 0 radical (unpaired) electrons. The Balaban J connectivity index is 2.65. The first-order chi connectivity index (χ1) is 9.14. The molecule has 1 rings (SSSR count). The Bertz CT molecular complexity index is 407. The fourth-order valence-electron chi connectivity index (χ4n) is 2.02. The first-order valence-electron chi connectivity index (χ1n) is 6.65. The van der Waals surface area contributed by atoms with Gasteiger partial charge in [-0.05, 0) is 29.5 Å². The van der Waals surface area contributed by atoms with Crippen molar-refractivity contribution in [3.8, 4) is 0 Å². The van der Waals surface area contributed by atoms with Crippen LogP contribution in [0.3, 0.4) is 0 Å². The van der Waals surface area contributed by atoms with Crippen LogP contribution >= 0.6 is 0 Å². The van der Waals surface area contributed by atoms with Gasteiger partial charge < -0.3 is 10.4 Å². The van der Waals surface area contributed by atoms with Gasteiger partial charge in [0.25, 0.3) is 0 Å². The topological polar surface area (TPSA) is 32.3 Å². The molecule has 5 heteroatoms. The van der Waals surface area contributed by atoms with Gasteiger partial charge in [-0.3, -0.25) is 0 Å². The van der Waals surface area contributed by atoms with Crippen molar-refractivity contribution >= 4 is 0 Å². The number of hydrogen-bond acceptors (Lipinski definition) is 2. The Morgan fingerprint density at radius 2 is 1.65 bits per heavy atom. The summed E-state index contributed by atoms with van der Waals surface area (Å²) in [5.41, 5.74) is 0.142. The van der Waals surface area contributed by atoms with Gasteiger partial charge in [0.2, 0.25) is 0 Å². The maximum atomic E-state index is 12.4. The van der Waals surface area contributed by atoms with Crippen LogP contribution in [0.4, 0.5) is 13.2 Å². The molecule has 1 aromatic carbocycles. The Hall–Kier alpha value is -1.07. The second kappa shape index (κ2) is 6.59. The van der Waals surface area contributed by atoms with Crippen molar-refractivity contribution < 1.29 is 18.3 Å². The molecule has 0 aliphatic rings. The average Bonchev–Trinajstić information content (AvgIpc) is 2.32. The lowest BCUT2D eigenvalue weighted by atomic mass is 9.85. The Kier molecular flexibility index (Phi) is 5.59. The summed E-state index contributed by atoms with van der Waals surface area (Å²) in [4.78, 5) is 0. The van der Waals surface area contributed by atoms with E-state index in [1.165, 1.54) is 12.1 Å². The number of hydrogen-bond donors (Lipinski definition) is 2. The Morgan fingerprint density at radius 1 is 1.10 bits per heavy atom. The summed E-state index contributed by atoms with van der Waals surface area (Å²) < 4.78 is 37.3. The molecule has 0 fully saturated rings. The molecule has 0 bridgehead atoms. The second-order valence-electron chi connectivity index (χ2n) is 6.01. The third kappa shape index (κ3) is 5.13. The summed E-state index contributed by atoms with van der Waals surface area (Å²) in [5.74, 6) is 0. The molecule has 0 saturated carbocycles. The standard InChI is InChI=1S/C15H22F3NO/c1-14(2,3)13(8-9-20)19-10-11-4-6-12(7-5-11)15(16,17)18/h4-7,13,19-20H,8-10H2,1-3H3. The normalized spacial score (nSPS) is 14.3. The summed E-state index contributed by atoms with van der Waals surface area (Å²) in [5, 5.41) is 12.4. The van der Waals surface area contributed by atoms with E-state index in [1.54, 1.807) is 0 Å². The number of rotatable bonds is 5. The summed E-state index contributed by atoms with van der Waals surface area (Å²) in [7, 11) is 0.